The third-order valence-corrected chi connectivity index (χ3v) is 6.32. The van der Waals surface area contributed by atoms with Gasteiger partial charge in [0, 0.05) is 36.0 Å². The summed E-state index contributed by atoms with van der Waals surface area (Å²) in [5.74, 6) is -0.266. The molecule has 9 heteroatoms. The van der Waals surface area contributed by atoms with Crippen molar-refractivity contribution in [1.82, 2.24) is 20.0 Å². The Morgan fingerprint density at radius 1 is 1.33 bits per heavy atom. The van der Waals surface area contributed by atoms with Crippen LogP contribution in [0.4, 0.5) is 5.69 Å². The number of fused-ring (bicyclic) bond motifs is 1. The monoisotopic (exact) mass is 441 g/mol. The molecular formula is C21H20ClN5O2S. The van der Waals surface area contributed by atoms with E-state index >= 15 is 0 Å². The van der Waals surface area contributed by atoms with Crippen LogP contribution in [0.1, 0.15) is 17.4 Å². The van der Waals surface area contributed by atoms with Gasteiger partial charge in [0.1, 0.15) is 6.04 Å². The van der Waals surface area contributed by atoms with E-state index in [0.29, 0.717) is 35.2 Å². The van der Waals surface area contributed by atoms with Crippen molar-refractivity contribution in [1.29, 1.82) is 0 Å². The zero-order valence-corrected chi connectivity index (χ0v) is 17.9. The number of nitrogen functional groups attached to an aromatic ring is 1. The Morgan fingerprint density at radius 3 is 2.93 bits per heavy atom. The van der Waals surface area contributed by atoms with E-state index in [1.807, 2.05) is 24.3 Å². The summed E-state index contributed by atoms with van der Waals surface area (Å²) < 4.78 is 0.668. The summed E-state index contributed by atoms with van der Waals surface area (Å²) in [6.07, 6.45) is 4.74. The van der Waals surface area contributed by atoms with Gasteiger partial charge in [0.05, 0.1) is 21.7 Å². The first-order chi connectivity index (χ1) is 14.4. The maximum atomic E-state index is 12.9. The van der Waals surface area contributed by atoms with Crippen LogP contribution in [0.5, 0.6) is 0 Å². The Labute approximate surface area is 182 Å². The molecule has 1 aliphatic heterocycles. The SMILES string of the molecule is CC1C(=O)N(Cc2ccc3c(N)cnnc3c2)CCN1C(=O)C=Cc1ccc(Cl)s1. The van der Waals surface area contributed by atoms with Gasteiger partial charge >= 0.3 is 0 Å². The minimum Gasteiger partial charge on any atom is -0.397 e. The van der Waals surface area contributed by atoms with Crippen molar-refractivity contribution < 1.29 is 9.59 Å². The quantitative estimate of drug-likeness (QED) is 0.627. The van der Waals surface area contributed by atoms with E-state index in [1.165, 1.54) is 23.6 Å². The fourth-order valence-electron chi connectivity index (χ4n) is 3.50. The predicted octanol–water partition coefficient (Wildman–Crippen LogP) is 3.20. The summed E-state index contributed by atoms with van der Waals surface area (Å²) >= 11 is 7.31. The van der Waals surface area contributed by atoms with E-state index < -0.39 is 6.04 Å². The van der Waals surface area contributed by atoms with E-state index in [9.17, 15) is 9.59 Å². The number of piperazine rings is 1. The lowest BCUT2D eigenvalue weighted by Gasteiger charge is -2.38. The highest BCUT2D eigenvalue weighted by Gasteiger charge is 2.33. The molecule has 2 N–H and O–H groups in total. The summed E-state index contributed by atoms with van der Waals surface area (Å²) in [7, 11) is 0. The number of carbonyl (C=O) groups is 2. The van der Waals surface area contributed by atoms with Gasteiger partial charge in [0.25, 0.3) is 0 Å². The van der Waals surface area contributed by atoms with Crippen LogP contribution >= 0.6 is 22.9 Å². The molecule has 2 amide bonds. The van der Waals surface area contributed by atoms with E-state index in [-0.39, 0.29) is 11.8 Å². The van der Waals surface area contributed by atoms with Crippen LogP contribution in [0.2, 0.25) is 4.34 Å². The largest absolute Gasteiger partial charge is 0.397 e. The zero-order valence-electron chi connectivity index (χ0n) is 16.3. The molecule has 4 rings (SSSR count). The van der Waals surface area contributed by atoms with Gasteiger partial charge < -0.3 is 15.5 Å². The van der Waals surface area contributed by atoms with Crippen LogP contribution in [-0.4, -0.2) is 50.9 Å². The molecule has 2 aromatic heterocycles. The van der Waals surface area contributed by atoms with Crippen LogP contribution in [0, 0.1) is 0 Å². The fraction of sp³-hybridized carbons (Fsp3) is 0.238. The third kappa shape index (κ3) is 4.15. The van der Waals surface area contributed by atoms with Crippen LogP contribution in [-0.2, 0) is 16.1 Å². The van der Waals surface area contributed by atoms with Crippen molar-refractivity contribution in [3.05, 3.63) is 57.4 Å². The molecule has 0 saturated carbocycles. The van der Waals surface area contributed by atoms with Gasteiger partial charge in [-0.3, -0.25) is 9.59 Å². The first-order valence-corrected chi connectivity index (χ1v) is 10.6. The molecule has 30 heavy (non-hydrogen) atoms. The standard InChI is InChI=1S/C21H20ClN5O2S/c1-13-21(29)26(12-14-2-5-16-17(23)11-24-25-18(16)10-14)8-9-27(13)20(28)7-4-15-3-6-19(22)30-15/h2-7,10-11,13H,8-9,12H2,1H3,(H2,23,25). The first-order valence-electron chi connectivity index (χ1n) is 9.45. The molecule has 1 atom stereocenters. The smallest absolute Gasteiger partial charge is 0.247 e. The second kappa shape index (κ2) is 8.41. The van der Waals surface area contributed by atoms with Crippen molar-refractivity contribution in [2.75, 3.05) is 18.8 Å². The lowest BCUT2D eigenvalue weighted by molar-refractivity contribution is -0.148. The van der Waals surface area contributed by atoms with E-state index in [4.69, 9.17) is 17.3 Å². The molecule has 3 aromatic rings. The number of nitrogens with zero attached hydrogens (tertiary/aromatic N) is 4. The average Bonchev–Trinajstić information content (AvgIpc) is 3.15. The van der Waals surface area contributed by atoms with Gasteiger partial charge in [-0.25, -0.2) is 0 Å². The summed E-state index contributed by atoms with van der Waals surface area (Å²) in [6, 6.07) is 8.83. The highest BCUT2D eigenvalue weighted by molar-refractivity contribution is 7.17. The molecule has 1 saturated heterocycles. The summed E-state index contributed by atoms with van der Waals surface area (Å²) in [6.45, 7) is 3.14. The number of nitrogens with two attached hydrogens (primary N) is 1. The number of hydrogen-bond acceptors (Lipinski definition) is 6. The molecule has 0 radical (unpaired) electrons. The lowest BCUT2D eigenvalue weighted by atomic mass is 10.1. The number of carbonyl (C=O) groups excluding carboxylic acids is 2. The number of thiophene rings is 1. The Bertz CT molecular complexity index is 1150. The second-order valence-electron chi connectivity index (χ2n) is 7.09. The Morgan fingerprint density at radius 2 is 2.17 bits per heavy atom. The number of anilines is 1. The van der Waals surface area contributed by atoms with E-state index in [2.05, 4.69) is 10.2 Å². The molecule has 3 heterocycles. The van der Waals surface area contributed by atoms with Gasteiger partial charge in [-0.2, -0.15) is 10.2 Å². The minimum absolute atomic E-state index is 0.0825. The summed E-state index contributed by atoms with van der Waals surface area (Å²) in [5, 5.41) is 8.83. The van der Waals surface area contributed by atoms with Crippen molar-refractivity contribution >= 4 is 57.4 Å². The molecule has 7 nitrogen and oxygen atoms in total. The lowest BCUT2D eigenvalue weighted by Crippen LogP contribution is -2.56. The Kier molecular flexibility index (Phi) is 5.69. The molecule has 1 aliphatic rings. The average molecular weight is 442 g/mol. The van der Waals surface area contributed by atoms with Gasteiger partial charge in [0.2, 0.25) is 11.8 Å². The maximum absolute atomic E-state index is 12.9. The first kappa shape index (κ1) is 20.3. The molecule has 1 aromatic carbocycles. The van der Waals surface area contributed by atoms with Crippen molar-refractivity contribution in [2.24, 2.45) is 0 Å². The molecule has 0 aliphatic carbocycles. The van der Waals surface area contributed by atoms with Gasteiger partial charge in [-0.05, 0) is 36.8 Å². The molecular weight excluding hydrogens is 422 g/mol. The third-order valence-electron chi connectivity index (χ3n) is 5.12. The second-order valence-corrected chi connectivity index (χ2v) is 8.84. The number of aromatic nitrogens is 2. The van der Waals surface area contributed by atoms with Crippen molar-refractivity contribution in [3.8, 4) is 0 Å². The van der Waals surface area contributed by atoms with Gasteiger partial charge in [-0.1, -0.05) is 23.7 Å². The molecule has 1 unspecified atom stereocenters. The van der Waals surface area contributed by atoms with Gasteiger partial charge in [0.15, 0.2) is 0 Å². The number of rotatable bonds is 4. The number of amides is 2. The predicted molar refractivity (Wildman–Crippen MR) is 119 cm³/mol. The van der Waals surface area contributed by atoms with Crippen LogP contribution in [0.15, 0.2) is 42.6 Å². The Hall–Kier alpha value is -2.97. The minimum atomic E-state index is -0.529. The van der Waals surface area contributed by atoms with Crippen LogP contribution in [0.3, 0.4) is 0 Å². The summed E-state index contributed by atoms with van der Waals surface area (Å²) in [4.78, 5) is 29.7. The van der Waals surface area contributed by atoms with E-state index in [0.717, 1.165) is 15.8 Å². The molecule has 0 bridgehead atoms. The molecule has 154 valence electrons. The topological polar surface area (TPSA) is 92.4 Å². The van der Waals surface area contributed by atoms with Crippen molar-refractivity contribution in [2.45, 2.75) is 19.5 Å². The molecule has 1 fully saturated rings. The zero-order chi connectivity index (χ0) is 21.3. The van der Waals surface area contributed by atoms with Gasteiger partial charge in [-0.15, -0.1) is 11.3 Å². The fourth-order valence-corrected chi connectivity index (χ4v) is 4.46. The van der Waals surface area contributed by atoms with E-state index in [1.54, 1.807) is 28.9 Å². The Balaban J connectivity index is 1.43. The number of halogens is 1. The van der Waals surface area contributed by atoms with Crippen LogP contribution < -0.4 is 5.73 Å². The van der Waals surface area contributed by atoms with Crippen molar-refractivity contribution in [3.63, 3.8) is 0 Å². The normalized spacial score (nSPS) is 17.3. The summed E-state index contributed by atoms with van der Waals surface area (Å²) in [5.41, 5.74) is 8.13. The highest BCUT2D eigenvalue weighted by atomic mass is 35.5. The number of benzene rings is 1. The number of hydrogen-bond donors (Lipinski definition) is 1. The van der Waals surface area contributed by atoms with Crippen LogP contribution in [0.25, 0.3) is 17.0 Å². The maximum Gasteiger partial charge on any atom is 0.247 e. The molecule has 0 spiro atoms. The highest BCUT2D eigenvalue weighted by Crippen LogP contribution is 2.23.